The maximum absolute atomic E-state index is 11.9. The van der Waals surface area contributed by atoms with Gasteiger partial charge in [-0.3, -0.25) is 4.79 Å². The van der Waals surface area contributed by atoms with E-state index in [4.69, 9.17) is 5.73 Å². The van der Waals surface area contributed by atoms with Crippen LogP contribution in [-0.4, -0.2) is 67.6 Å². The van der Waals surface area contributed by atoms with Crippen LogP contribution >= 0.6 is 0 Å². The molecule has 0 aliphatic carbocycles. The first-order valence-corrected chi connectivity index (χ1v) is 6.86. The van der Waals surface area contributed by atoms with Gasteiger partial charge in [0.05, 0.1) is 0 Å². The molecule has 0 aromatic heterocycles. The van der Waals surface area contributed by atoms with Gasteiger partial charge in [-0.05, 0) is 46.8 Å². The molecule has 2 aliphatic heterocycles. The highest BCUT2D eigenvalue weighted by Gasteiger charge is 2.49. The molecule has 0 aromatic carbocycles. The fraction of sp³-hybridized carbons (Fsp3) is 0.923. The smallest absolute Gasteiger partial charge is 0.237 e. The third-order valence-electron chi connectivity index (χ3n) is 4.65. The lowest BCUT2D eigenvalue weighted by Crippen LogP contribution is -2.63. The van der Waals surface area contributed by atoms with Crippen molar-refractivity contribution in [3.05, 3.63) is 0 Å². The quantitative estimate of drug-likeness (QED) is 0.702. The number of carbonyl (C=O) groups excluding carboxylic acids is 1. The highest BCUT2D eigenvalue weighted by atomic mass is 16.1. The van der Waals surface area contributed by atoms with Gasteiger partial charge in [0.1, 0.15) is 5.54 Å². The van der Waals surface area contributed by atoms with Gasteiger partial charge in [0.15, 0.2) is 0 Å². The molecule has 0 aromatic rings. The standard InChI is InChI=1S/C13H26N4O/c1-16(2)7-6-15-13(12(14)18)8-10-4-5-11(9-13)17(10)3/h10-11,15H,4-9H2,1-3H3,(H2,14,18). The van der Waals surface area contributed by atoms with Gasteiger partial charge in [-0.25, -0.2) is 0 Å². The molecule has 2 bridgehead atoms. The maximum atomic E-state index is 11.9. The summed E-state index contributed by atoms with van der Waals surface area (Å²) >= 11 is 0. The van der Waals surface area contributed by atoms with Crippen molar-refractivity contribution in [2.75, 3.05) is 34.2 Å². The number of hydrogen-bond donors (Lipinski definition) is 2. The van der Waals surface area contributed by atoms with Crippen molar-refractivity contribution in [3.8, 4) is 0 Å². The highest BCUT2D eigenvalue weighted by molar-refractivity contribution is 5.85. The third-order valence-corrected chi connectivity index (χ3v) is 4.65. The summed E-state index contributed by atoms with van der Waals surface area (Å²) < 4.78 is 0. The molecule has 1 amide bonds. The van der Waals surface area contributed by atoms with Crippen LogP contribution in [0.5, 0.6) is 0 Å². The van der Waals surface area contributed by atoms with Crippen LogP contribution in [0.2, 0.25) is 0 Å². The average molecular weight is 254 g/mol. The first-order chi connectivity index (χ1) is 8.44. The zero-order valence-corrected chi connectivity index (χ0v) is 11.8. The van der Waals surface area contributed by atoms with E-state index in [1.807, 2.05) is 14.1 Å². The summed E-state index contributed by atoms with van der Waals surface area (Å²) in [6, 6.07) is 1.03. The van der Waals surface area contributed by atoms with Gasteiger partial charge in [-0.2, -0.15) is 0 Å². The molecular weight excluding hydrogens is 228 g/mol. The van der Waals surface area contributed by atoms with Crippen LogP contribution in [0.1, 0.15) is 25.7 Å². The lowest BCUT2D eigenvalue weighted by atomic mass is 9.82. The van der Waals surface area contributed by atoms with E-state index in [9.17, 15) is 4.79 Å². The number of rotatable bonds is 5. The molecule has 2 atom stereocenters. The van der Waals surface area contributed by atoms with Crippen molar-refractivity contribution in [2.45, 2.75) is 43.3 Å². The van der Waals surface area contributed by atoms with Gasteiger partial charge in [-0.15, -0.1) is 0 Å². The summed E-state index contributed by atoms with van der Waals surface area (Å²) in [7, 11) is 6.25. The summed E-state index contributed by atoms with van der Waals surface area (Å²) in [4.78, 5) is 16.4. The van der Waals surface area contributed by atoms with Gasteiger partial charge < -0.3 is 20.9 Å². The minimum Gasteiger partial charge on any atom is -0.368 e. The Morgan fingerprint density at radius 2 is 1.94 bits per heavy atom. The highest BCUT2D eigenvalue weighted by Crippen LogP contribution is 2.39. The maximum Gasteiger partial charge on any atom is 0.237 e. The minimum absolute atomic E-state index is 0.175. The van der Waals surface area contributed by atoms with Crippen molar-refractivity contribution in [1.29, 1.82) is 0 Å². The van der Waals surface area contributed by atoms with Crippen LogP contribution < -0.4 is 11.1 Å². The van der Waals surface area contributed by atoms with Crippen LogP contribution in [0.25, 0.3) is 0 Å². The number of fused-ring (bicyclic) bond motifs is 2. The molecule has 0 saturated carbocycles. The Hall–Kier alpha value is -0.650. The molecule has 104 valence electrons. The van der Waals surface area contributed by atoms with Crippen molar-refractivity contribution in [3.63, 3.8) is 0 Å². The zero-order chi connectivity index (χ0) is 13.3. The van der Waals surface area contributed by atoms with E-state index < -0.39 is 5.54 Å². The number of carbonyl (C=O) groups is 1. The summed E-state index contributed by atoms with van der Waals surface area (Å²) in [5.41, 5.74) is 5.21. The molecule has 18 heavy (non-hydrogen) atoms. The molecule has 2 fully saturated rings. The normalized spacial score (nSPS) is 36.2. The zero-order valence-electron chi connectivity index (χ0n) is 11.8. The van der Waals surface area contributed by atoms with Crippen molar-refractivity contribution in [1.82, 2.24) is 15.1 Å². The minimum atomic E-state index is -0.478. The molecule has 0 radical (unpaired) electrons. The molecule has 2 unspecified atom stereocenters. The fourth-order valence-electron chi connectivity index (χ4n) is 3.42. The second-order valence-corrected chi connectivity index (χ2v) is 6.14. The van der Waals surface area contributed by atoms with Crippen LogP contribution in [0.3, 0.4) is 0 Å². The SMILES string of the molecule is CN(C)CCNC1(C(N)=O)CC2CCC(C1)N2C. The van der Waals surface area contributed by atoms with Crippen LogP contribution in [0, 0.1) is 0 Å². The molecular formula is C13H26N4O. The summed E-state index contributed by atoms with van der Waals surface area (Å²) in [5, 5.41) is 3.44. The van der Waals surface area contributed by atoms with Gasteiger partial charge in [0.25, 0.3) is 0 Å². The molecule has 3 N–H and O–H groups in total. The Kier molecular flexibility index (Phi) is 3.94. The van der Waals surface area contributed by atoms with Crippen LogP contribution in [0.4, 0.5) is 0 Å². The first kappa shape index (κ1) is 13.8. The predicted molar refractivity (Wildman–Crippen MR) is 72.3 cm³/mol. The van der Waals surface area contributed by atoms with Gasteiger partial charge >= 0.3 is 0 Å². The Balaban J connectivity index is 2.02. The van der Waals surface area contributed by atoms with Crippen LogP contribution in [0.15, 0.2) is 0 Å². The number of primary amides is 1. The number of nitrogens with one attached hydrogen (secondary N) is 1. The molecule has 5 nitrogen and oxygen atoms in total. The van der Waals surface area contributed by atoms with E-state index in [-0.39, 0.29) is 5.91 Å². The fourth-order valence-corrected chi connectivity index (χ4v) is 3.42. The van der Waals surface area contributed by atoms with Crippen molar-refractivity contribution >= 4 is 5.91 Å². The van der Waals surface area contributed by atoms with E-state index in [0.717, 1.165) is 25.9 Å². The molecule has 2 heterocycles. The molecule has 2 rings (SSSR count). The Bertz CT molecular complexity index is 304. The predicted octanol–water partition coefficient (Wildman–Crippen LogP) is -0.382. The number of nitrogens with two attached hydrogens (primary N) is 1. The lowest BCUT2D eigenvalue weighted by molar-refractivity contribution is -0.127. The Morgan fingerprint density at radius 1 is 1.39 bits per heavy atom. The van der Waals surface area contributed by atoms with E-state index in [0.29, 0.717) is 12.1 Å². The number of piperidine rings is 1. The van der Waals surface area contributed by atoms with Crippen LogP contribution in [-0.2, 0) is 4.79 Å². The number of amides is 1. The summed E-state index contributed by atoms with van der Waals surface area (Å²) in [6.45, 7) is 1.75. The number of likely N-dealkylation sites (N-methyl/N-ethyl adjacent to an activating group) is 1. The van der Waals surface area contributed by atoms with Crippen molar-refractivity contribution in [2.24, 2.45) is 5.73 Å². The molecule has 0 spiro atoms. The second kappa shape index (κ2) is 5.15. The Morgan fingerprint density at radius 3 is 2.39 bits per heavy atom. The van der Waals surface area contributed by atoms with E-state index in [2.05, 4.69) is 22.2 Å². The molecule has 2 saturated heterocycles. The lowest BCUT2D eigenvalue weighted by Gasteiger charge is -2.44. The average Bonchev–Trinajstić information content (AvgIpc) is 2.51. The van der Waals surface area contributed by atoms with E-state index in [1.54, 1.807) is 0 Å². The van der Waals surface area contributed by atoms with Crippen molar-refractivity contribution < 1.29 is 4.79 Å². The first-order valence-electron chi connectivity index (χ1n) is 6.86. The summed E-state index contributed by atoms with van der Waals surface area (Å²) in [5.74, 6) is -0.175. The summed E-state index contributed by atoms with van der Waals surface area (Å²) in [6.07, 6.45) is 4.13. The number of hydrogen-bond acceptors (Lipinski definition) is 4. The third kappa shape index (κ3) is 2.53. The molecule has 2 aliphatic rings. The van der Waals surface area contributed by atoms with Gasteiger partial charge in [-0.1, -0.05) is 0 Å². The van der Waals surface area contributed by atoms with E-state index >= 15 is 0 Å². The monoisotopic (exact) mass is 254 g/mol. The van der Waals surface area contributed by atoms with Gasteiger partial charge in [0, 0.05) is 25.2 Å². The van der Waals surface area contributed by atoms with Gasteiger partial charge in [0.2, 0.25) is 5.91 Å². The number of nitrogens with zero attached hydrogens (tertiary/aromatic N) is 2. The Labute approximate surface area is 110 Å². The second-order valence-electron chi connectivity index (χ2n) is 6.14. The largest absolute Gasteiger partial charge is 0.368 e. The molecule has 5 heteroatoms. The topological polar surface area (TPSA) is 61.6 Å². The van der Waals surface area contributed by atoms with E-state index in [1.165, 1.54) is 12.8 Å².